The van der Waals surface area contributed by atoms with Gasteiger partial charge in [0.05, 0.1) is 18.1 Å². The minimum Gasteiger partial charge on any atom is -0.487 e. The predicted octanol–water partition coefficient (Wildman–Crippen LogP) is 4.00. The van der Waals surface area contributed by atoms with E-state index in [-0.39, 0.29) is 17.7 Å². The van der Waals surface area contributed by atoms with Crippen LogP contribution < -0.4 is 4.74 Å². The van der Waals surface area contributed by atoms with Crippen LogP contribution in [0.15, 0.2) is 12.1 Å². The number of carbonyl (C=O) groups is 1. The van der Waals surface area contributed by atoms with Gasteiger partial charge in [0.1, 0.15) is 23.3 Å². The average molecular weight is 316 g/mol. The molecule has 0 fully saturated rings. The van der Waals surface area contributed by atoms with Gasteiger partial charge in [-0.1, -0.05) is 11.6 Å². The lowest BCUT2D eigenvalue weighted by molar-refractivity contribution is 0.0188. The summed E-state index contributed by atoms with van der Waals surface area (Å²) >= 11 is 6.02. The quantitative estimate of drug-likeness (QED) is 0.726. The van der Waals surface area contributed by atoms with Crippen molar-refractivity contribution in [2.45, 2.75) is 45.9 Å². The molecule has 1 aromatic rings. The molecule has 0 saturated carbocycles. The topological polar surface area (TPSA) is 38.8 Å². The molecular weight excluding hydrogens is 297 g/mol. The van der Waals surface area contributed by atoms with Crippen LogP contribution in [0.5, 0.6) is 5.75 Å². The first-order chi connectivity index (χ1) is 9.65. The maximum absolute atomic E-state index is 13.5. The van der Waals surface area contributed by atoms with Crippen molar-refractivity contribution in [2.24, 2.45) is 0 Å². The number of halogens is 2. The van der Waals surface area contributed by atoms with E-state index >= 15 is 0 Å². The minimum absolute atomic E-state index is 0.200. The standard InChI is InChI=1S/C15H19ClFNO3/c1-9-7-18(14(19)21-15(2,3)4)8-10-5-11(17)6-12(16)13(10)20-9/h5-6,9H,7-8H2,1-4H3/t9-/m0/s1. The summed E-state index contributed by atoms with van der Waals surface area (Å²) < 4.78 is 24.6. The second-order valence-corrected chi connectivity index (χ2v) is 6.57. The van der Waals surface area contributed by atoms with E-state index in [1.165, 1.54) is 17.0 Å². The molecule has 6 heteroatoms. The zero-order chi connectivity index (χ0) is 15.8. The van der Waals surface area contributed by atoms with E-state index < -0.39 is 17.5 Å². The fraction of sp³-hybridized carbons (Fsp3) is 0.533. The molecule has 1 amide bonds. The van der Waals surface area contributed by atoms with Gasteiger partial charge in [0, 0.05) is 5.56 Å². The number of amides is 1. The molecule has 1 aliphatic heterocycles. The van der Waals surface area contributed by atoms with Crippen LogP contribution in [0.4, 0.5) is 9.18 Å². The highest BCUT2D eigenvalue weighted by Crippen LogP contribution is 2.34. The van der Waals surface area contributed by atoms with Crippen LogP contribution in [0.1, 0.15) is 33.3 Å². The Kier molecular flexibility index (Phi) is 4.33. The van der Waals surface area contributed by atoms with Crippen molar-refractivity contribution in [1.82, 2.24) is 4.90 Å². The third-order valence-corrected chi connectivity index (χ3v) is 3.18. The number of hydrogen-bond acceptors (Lipinski definition) is 3. The van der Waals surface area contributed by atoms with E-state index in [0.29, 0.717) is 17.9 Å². The van der Waals surface area contributed by atoms with Gasteiger partial charge in [0.25, 0.3) is 0 Å². The van der Waals surface area contributed by atoms with Crippen LogP contribution in [0.2, 0.25) is 5.02 Å². The summed E-state index contributed by atoms with van der Waals surface area (Å²) in [6.07, 6.45) is -0.715. The first kappa shape index (κ1) is 15.9. The first-order valence-electron chi connectivity index (χ1n) is 6.78. The monoisotopic (exact) mass is 315 g/mol. The third kappa shape index (κ3) is 4.00. The SMILES string of the molecule is C[C@H]1CN(C(=O)OC(C)(C)C)Cc2cc(F)cc(Cl)c2O1. The van der Waals surface area contributed by atoms with E-state index in [2.05, 4.69) is 0 Å². The zero-order valence-electron chi connectivity index (χ0n) is 12.6. The Hall–Kier alpha value is -1.49. The van der Waals surface area contributed by atoms with Gasteiger partial charge < -0.3 is 14.4 Å². The van der Waals surface area contributed by atoms with Crippen molar-refractivity contribution < 1.29 is 18.7 Å². The second-order valence-electron chi connectivity index (χ2n) is 6.17. The van der Waals surface area contributed by atoms with Crippen LogP contribution in [0.25, 0.3) is 0 Å². The van der Waals surface area contributed by atoms with E-state index in [4.69, 9.17) is 21.1 Å². The van der Waals surface area contributed by atoms with Crippen LogP contribution in [0, 0.1) is 5.82 Å². The Balaban J connectivity index is 2.29. The molecule has 2 rings (SSSR count). The summed E-state index contributed by atoms with van der Waals surface area (Å²) in [6, 6.07) is 2.53. The molecule has 0 unspecified atom stereocenters. The van der Waals surface area contributed by atoms with Crippen LogP contribution in [-0.4, -0.2) is 29.2 Å². The Morgan fingerprint density at radius 1 is 1.48 bits per heavy atom. The lowest BCUT2D eigenvalue weighted by Crippen LogP contribution is -2.39. The molecule has 0 radical (unpaired) electrons. The highest BCUT2D eigenvalue weighted by Gasteiger charge is 2.29. The number of carbonyl (C=O) groups excluding carboxylic acids is 1. The van der Waals surface area contributed by atoms with Gasteiger partial charge >= 0.3 is 6.09 Å². The van der Waals surface area contributed by atoms with E-state index in [1.807, 2.05) is 6.92 Å². The van der Waals surface area contributed by atoms with E-state index in [9.17, 15) is 9.18 Å². The highest BCUT2D eigenvalue weighted by molar-refractivity contribution is 6.32. The lowest BCUT2D eigenvalue weighted by Gasteiger charge is -2.27. The fourth-order valence-electron chi connectivity index (χ4n) is 2.15. The van der Waals surface area contributed by atoms with Gasteiger partial charge in [-0.05, 0) is 39.8 Å². The minimum atomic E-state index is -0.587. The first-order valence-corrected chi connectivity index (χ1v) is 7.16. The molecule has 4 nitrogen and oxygen atoms in total. The number of ether oxygens (including phenoxy) is 2. The summed E-state index contributed by atoms with van der Waals surface area (Å²) in [5.41, 5.74) is -0.0502. The van der Waals surface area contributed by atoms with Crippen molar-refractivity contribution in [3.63, 3.8) is 0 Å². The molecule has 1 heterocycles. The van der Waals surface area contributed by atoms with Crippen LogP contribution >= 0.6 is 11.6 Å². The summed E-state index contributed by atoms with van der Waals surface area (Å²) in [6.45, 7) is 7.77. The van der Waals surface area contributed by atoms with Gasteiger partial charge in [-0.3, -0.25) is 0 Å². The summed E-state index contributed by atoms with van der Waals surface area (Å²) in [7, 11) is 0. The van der Waals surface area contributed by atoms with Crippen molar-refractivity contribution in [2.75, 3.05) is 6.54 Å². The van der Waals surface area contributed by atoms with Crippen molar-refractivity contribution in [3.8, 4) is 5.75 Å². The molecule has 0 aliphatic carbocycles. The number of nitrogens with zero attached hydrogens (tertiary/aromatic N) is 1. The number of rotatable bonds is 0. The fourth-order valence-corrected chi connectivity index (χ4v) is 2.42. The molecule has 0 bridgehead atoms. The summed E-state index contributed by atoms with van der Waals surface area (Å²) in [4.78, 5) is 13.7. The Morgan fingerprint density at radius 3 is 2.76 bits per heavy atom. The molecule has 0 spiro atoms. The van der Waals surface area contributed by atoms with Gasteiger partial charge in [-0.25, -0.2) is 9.18 Å². The highest BCUT2D eigenvalue weighted by atomic mass is 35.5. The zero-order valence-corrected chi connectivity index (χ0v) is 13.3. The normalized spacial score (nSPS) is 18.6. The second kappa shape index (κ2) is 5.72. The Morgan fingerprint density at radius 2 is 2.14 bits per heavy atom. The van der Waals surface area contributed by atoms with Crippen molar-refractivity contribution in [1.29, 1.82) is 0 Å². The van der Waals surface area contributed by atoms with Gasteiger partial charge in [0.15, 0.2) is 0 Å². The molecule has 21 heavy (non-hydrogen) atoms. The molecule has 0 N–H and O–H groups in total. The largest absolute Gasteiger partial charge is 0.487 e. The van der Waals surface area contributed by atoms with Crippen LogP contribution in [-0.2, 0) is 11.3 Å². The van der Waals surface area contributed by atoms with E-state index in [0.717, 1.165) is 0 Å². The van der Waals surface area contributed by atoms with Gasteiger partial charge in [-0.15, -0.1) is 0 Å². The maximum Gasteiger partial charge on any atom is 0.410 e. The molecule has 116 valence electrons. The third-order valence-electron chi connectivity index (χ3n) is 2.89. The Labute approximate surface area is 128 Å². The van der Waals surface area contributed by atoms with Crippen LogP contribution in [0.3, 0.4) is 0 Å². The predicted molar refractivity (Wildman–Crippen MR) is 78.1 cm³/mol. The molecule has 0 saturated heterocycles. The smallest absolute Gasteiger partial charge is 0.410 e. The molecule has 1 aliphatic rings. The molecular formula is C15H19ClFNO3. The van der Waals surface area contributed by atoms with E-state index in [1.54, 1.807) is 20.8 Å². The summed E-state index contributed by atoms with van der Waals surface area (Å²) in [5, 5.41) is 0.211. The summed E-state index contributed by atoms with van der Waals surface area (Å²) in [5.74, 6) is -0.0299. The molecule has 1 atom stereocenters. The number of fused-ring (bicyclic) bond motifs is 1. The maximum atomic E-state index is 13.5. The Bertz CT molecular complexity index is 557. The van der Waals surface area contributed by atoms with Gasteiger partial charge in [0.2, 0.25) is 0 Å². The molecule has 0 aromatic heterocycles. The molecule has 1 aromatic carbocycles. The van der Waals surface area contributed by atoms with Crippen molar-refractivity contribution >= 4 is 17.7 Å². The number of benzene rings is 1. The number of hydrogen-bond donors (Lipinski definition) is 0. The van der Waals surface area contributed by atoms with Crippen molar-refractivity contribution in [3.05, 3.63) is 28.5 Å². The lowest BCUT2D eigenvalue weighted by atomic mass is 10.2. The average Bonchev–Trinajstić information content (AvgIpc) is 2.46. The van der Waals surface area contributed by atoms with Gasteiger partial charge in [-0.2, -0.15) is 0 Å².